The molecule has 0 saturated heterocycles. The Kier molecular flexibility index (Phi) is 7.45. The summed E-state index contributed by atoms with van der Waals surface area (Å²) in [5.74, 6) is -0.852. The first-order chi connectivity index (χ1) is 10.1. The minimum atomic E-state index is -0.798. The van der Waals surface area contributed by atoms with Crippen LogP contribution in [0.5, 0.6) is 5.75 Å². The molecule has 0 atom stereocenters. The zero-order chi connectivity index (χ0) is 15.7. The van der Waals surface area contributed by atoms with Gasteiger partial charge in [0.2, 0.25) is 0 Å². The molecule has 0 aliphatic carbocycles. The van der Waals surface area contributed by atoms with Gasteiger partial charge in [-0.25, -0.2) is 5.43 Å². The normalized spacial score (nSPS) is 10.4. The van der Waals surface area contributed by atoms with Gasteiger partial charge in [0.1, 0.15) is 5.75 Å². The van der Waals surface area contributed by atoms with Crippen molar-refractivity contribution < 1.29 is 14.3 Å². The molecular formula is C14H18BrN3O3. The van der Waals surface area contributed by atoms with E-state index in [1.54, 1.807) is 12.1 Å². The van der Waals surface area contributed by atoms with Gasteiger partial charge in [0.25, 0.3) is 0 Å². The largest absolute Gasteiger partial charge is 0.493 e. The van der Waals surface area contributed by atoms with E-state index in [0.29, 0.717) is 24.5 Å². The predicted molar refractivity (Wildman–Crippen MR) is 84.3 cm³/mol. The van der Waals surface area contributed by atoms with Crippen LogP contribution in [0.1, 0.15) is 25.8 Å². The van der Waals surface area contributed by atoms with E-state index in [2.05, 4.69) is 31.8 Å². The number of hydrazone groups is 1. The maximum Gasteiger partial charge on any atom is 0.329 e. The second-order valence-electron chi connectivity index (χ2n) is 4.07. The van der Waals surface area contributed by atoms with Crippen molar-refractivity contribution in [3.63, 3.8) is 0 Å². The maximum atomic E-state index is 11.4. The van der Waals surface area contributed by atoms with Crippen LogP contribution in [-0.2, 0) is 9.59 Å². The van der Waals surface area contributed by atoms with Gasteiger partial charge in [0.15, 0.2) is 0 Å². The Morgan fingerprint density at radius 1 is 1.33 bits per heavy atom. The van der Waals surface area contributed by atoms with Crippen molar-refractivity contribution >= 4 is 34.0 Å². The monoisotopic (exact) mass is 355 g/mol. The quantitative estimate of drug-likeness (QED) is 0.464. The fraction of sp³-hybridized carbons (Fsp3) is 0.357. The van der Waals surface area contributed by atoms with Gasteiger partial charge in [0.05, 0.1) is 12.8 Å². The minimum Gasteiger partial charge on any atom is -0.493 e. The van der Waals surface area contributed by atoms with Gasteiger partial charge in [-0.2, -0.15) is 5.10 Å². The number of carbonyl (C=O) groups excluding carboxylic acids is 2. The first kappa shape index (κ1) is 17.2. The SMILES string of the molecule is CCCNC(=O)C(=O)N/N=C\c1cc(Br)ccc1OCC. The molecule has 21 heavy (non-hydrogen) atoms. The van der Waals surface area contributed by atoms with E-state index < -0.39 is 11.8 Å². The molecule has 1 rings (SSSR count). The summed E-state index contributed by atoms with van der Waals surface area (Å²) in [5.41, 5.74) is 2.87. The molecule has 7 heteroatoms. The summed E-state index contributed by atoms with van der Waals surface area (Å²) in [7, 11) is 0. The molecule has 0 bridgehead atoms. The fourth-order valence-electron chi connectivity index (χ4n) is 1.44. The number of amides is 2. The number of hydrogen-bond donors (Lipinski definition) is 2. The topological polar surface area (TPSA) is 79.8 Å². The molecule has 0 aliphatic rings. The van der Waals surface area contributed by atoms with E-state index in [0.717, 1.165) is 10.9 Å². The molecule has 1 aromatic carbocycles. The minimum absolute atomic E-state index is 0.454. The molecule has 0 heterocycles. The Bertz CT molecular complexity index is 532. The molecule has 0 aliphatic heterocycles. The third-order valence-electron chi connectivity index (χ3n) is 2.38. The smallest absolute Gasteiger partial charge is 0.329 e. The zero-order valence-corrected chi connectivity index (χ0v) is 13.6. The van der Waals surface area contributed by atoms with Gasteiger partial charge in [-0.1, -0.05) is 22.9 Å². The molecule has 1 aromatic rings. The molecular weight excluding hydrogens is 338 g/mol. The summed E-state index contributed by atoms with van der Waals surface area (Å²) in [6.45, 7) is 4.76. The average Bonchev–Trinajstić information content (AvgIpc) is 2.47. The Morgan fingerprint density at radius 2 is 2.10 bits per heavy atom. The molecule has 0 radical (unpaired) electrons. The van der Waals surface area contributed by atoms with Crippen molar-refractivity contribution in [2.24, 2.45) is 5.10 Å². The van der Waals surface area contributed by atoms with Crippen LogP contribution in [0, 0.1) is 0 Å². The first-order valence-corrected chi connectivity index (χ1v) is 7.41. The summed E-state index contributed by atoms with van der Waals surface area (Å²) in [4.78, 5) is 22.8. The van der Waals surface area contributed by atoms with Crippen molar-refractivity contribution in [3.05, 3.63) is 28.2 Å². The molecule has 0 unspecified atom stereocenters. The van der Waals surface area contributed by atoms with Crippen LogP contribution in [0.25, 0.3) is 0 Å². The summed E-state index contributed by atoms with van der Waals surface area (Å²) < 4.78 is 6.31. The Morgan fingerprint density at radius 3 is 2.76 bits per heavy atom. The third kappa shape index (κ3) is 5.95. The highest BCUT2D eigenvalue weighted by Crippen LogP contribution is 2.21. The highest BCUT2D eigenvalue weighted by atomic mass is 79.9. The standard InChI is InChI=1S/C14H18BrN3O3/c1-3-7-16-13(19)14(20)18-17-9-10-8-11(15)5-6-12(10)21-4-2/h5-6,8-9H,3-4,7H2,1-2H3,(H,16,19)(H,18,20)/b17-9-. The van der Waals surface area contributed by atoms with Crippen LogP contribution in [0.4, 0.5) is 0 Å². The van der Waals surface area contributed by atoms with Crippen LogP contribution in [-0.4, -0.2) is 31.2 Å². The van der Waals surface area contributed by atoms with Gasteiger partial charge < -0.3 is 10.1 Å². The number of rotatable bonds is 6. The van der Waals surface area contributed by atoms with Crippen LogP contribution in [0.2, 0.25) is 0 Å². The summed E-state index contributed by atoms with van der Waals surface area (Å²) in [5, 5.41) is 6.23. The van der Waals surface area contributed by atoms with Crippen LogP contribution in [0.15, 0.2) is 27.8 Å². The van der Waals surface area contributed by atoms with E-state index in [4.69, 9.17) is 4.74 Å². The van der Waals surface area contributed by atoms with E-state index in [9.17, 15) is 9.59 Å². The molecule has 114 valence electrons. The van der Waals surface area contributed by atoms with Gasteiger partial charge in [-0.15, -0.1) is 0 Å². The second-order valence-corrected chi connectivity index (χ2v) is 4.99. The Balaban J connectivity index is 2.66. The van der Waals surface area contributed by atoms with Gasteiger partial charge in [-0.05, 0) is 31.5 Å². The molecule has 6 nitrogen and oxygen atoms in total. The molecule has 0 saturated carbocycles. The number of carbonyl (C=O) groups is 2. The molecule has 2 N–H and O–H groups in total. The molecule has 2 amide bonds. The average molecular weight is 356 g/mol. The molecule has 0 spiro atoms. The fourth-order valence-corrected chi connectivity index (χ4v) is 1.82. The van der Waals surface area contributed by atoms with E-state index in [-0.39, 0.29) is 0 Å². The zero-order valence-electron chi connectivity index (χ0n) is 12.0. The van der Waals surface area contributed by atoms with Gasteiger partial charge in [0, 0.05) is 16.6 Å². The lowest BCUT2D eigenvalue weighted by atomic mass is 10.2. The van der Waals surface area contributed by atoms with Gasteiger partial charge >= 0.3 is 11.8 Å². The van der Waals surface area contributed by atoms with Crippen molar-refractivity contribution in [1.82, 2.24) is 10.7 Å². The summed E-state index contributed by atoms with van der Waals surface area (Å²) in [6, 6.07) is 5.45. The lowest BCUT2D eigenvalue weighted by molar-refractivity contribution is -0.139. The lowest BCUT2D eigenvalue weighted by Gasteiger charge is -2.07. The second kappa shape index (κ2) is 9.12. The van der Waals surface area contributed by atoms with E-state index in [1.807, 2.05) is 19.9 Å². The van der Waals surface area contributed by atoms with Crippen molar-refractivity contribution in [3.8, 4) is 5.75 Å². The van der Waals surface area contributed by atoms with E-state index in [1.165, 1.54) is 6.21 Å². The number of nitrogens with one attached hydrogen (secondary N) is 2. The summed E-state index contributed by atoms with van der Waals surface area (Å²) >= 11 is 3.35. The Labute approximate surface area is 132 Å². The number of benzene rings is 1. The Hall–Kier alpha value is -1.89. The third-order valence-corrected chi connectivity index (χ3v) is 2.88. The maximum absolute atomic E-state index is 11.4. The molecule has 0 fully saturated rings. The first-order valence-electron chi connectivity index (χ1n) is 6.62. The number of nitrogens with zero attached hydrogens (tertiary/aromatic N) is 1. The van der Waals surface area contributed by atoms with E-state index >= 15 is 0 Å². The van der Waals surface area contributed by atoms with Crippen molar-refractivity contribution in [2.75, 3.05) is 13.2 Å². The van der Waals surface area contributed by atoms with Crippen LogP contribution in [0.3, 0.4) is 0 Å². The highest BCUT2D eigenvalue weighted by molar-refractivity contribution is 9.10. The molecule has 0 aromatic heterocycles. The predicted octanol–water partition coefficient (Wildman–Crippen LogP) is 1.82. The van der Waals surface area contributed by atoms with Crippen LogP contribution >= 0.6 is 15.9 Å². The van der Waals surface area contributed by atoms with Crippen molar-refractivity contribution in [1.29, 1.82) is 0 Å². The number of ether oxygens (including phenoxy) is 1. The van der Waals surface area contributed by atoms with Gasteiger partial charge in [-0.3, -0.25) is 9.59 Å². The number of hydrogen-bond acceptors (Lipinski definition) is 4. The van der Waals surface area contributed by atoms with Crippen LogP contribution < -0.4 is 15.5 Å². The van der Waals surface area contributed by atoms with Crippen molar-refractivity contribution in [2.45, 2.75) is 20.3 Å². The highest BCUT2D eigenvalue weighted by Gasteiger charge is 2.11. The number of halogens is 1. The summed E-state index contributed by atoms with van der Waals surface area (Å²) in [6.07, 6.45) is 2.19. The lowest BCUT2D eigenvalue weighted by Crippen LogP contribution is -2.38.